The van der Waals surface area contributed by atoms with Crippen LogP contribution in [0.2, 0.25) is 0 Å². The van der Waals surface area contributed by atoms with Crippen molar-refractivity contribution in [3.8, 4) is 6.07 Å². The number of hydrogen-bond donors (Lipinski definition) is 1. The first-order valence-corrected chi connectivity index (χ1v) is 7.50. The van der Waals surface area contributed by atoms with E-state index in [-0.39, 0.29) is 18.1 Å². The van der Waals surface area contributed by atoms with Gasteiger partial charge in [0.15, 0.2) is 0 Å². The lowest BCUT2D eigenvalue weighted by Crippen LogP contribution is -2.47. The Bertz CT molecular complexity index is 599. The molecule has 1 fully saturated rings. The Kier molecular flexibility index (Phi) is 3.61. The zero-order valence-electron chi connectivity index (χ0n) is 12.5. The molecule has 2 bridgehead atoms. The van der Waals surface area contributed by atoms with Gasteiger partial charge in [0.2, 0.25) is 0 Å². The highest BCUT2D eigenvalue weighted by molar-refractivity contribution is 5.34. The van der Waals surface area contributed by atoms with Gasteiger partial charge in [-0.1, -0.05) is 30.7 Å². The summed E-state index contributed by atoms with van der Waals surface area (Å²) < 4.78 is 6.16. The van der Waals surface area contributed by atoms with Crippen molar-refractivity contribution < 1.29 is 9.84 Å². The number of allylic oxidation sites excluding steroid dienone is 1. The van der Waals surface area contributed by atoms with Crippen LogP contribution in [0.25, 0.3) is 0 Å². The Labute approximate surface area is 125 Å². The van der Waals surface area contributed by atoms with Crippen LogP contribution >= 0.6 is 0 Å². The first kappa shape index (κ1) is 14.3. The molecule has 1 aliphatic carbocycles. The molecule has 1 aromatic carbocycles. The van der Waals surface area contributed by atoms with Crippen LogP contribution in [0.3, 0.4) is 0 Å². The molecule has 110 valence electrons. The van der Waals surface area contributed by atoms with Gasteiger partial charge in [0.1, 0.15) is 0 Å². The maximum atomic E-state index is 9.83. The molecule has 2 aliphatic rings. The molecule has 1 saturated heterocycles. The van der Waals surface area contributed by atoms with E-state index < -0.39 is 0 Å². The lowest BCUT2D eigenvalue weighted by atomic mass is 9.62. The van der Waals surface area contributed by atoms with E-state index in [1.807, 2.05) is 24.3 Å². The predicted molar refractivity (Wildman–Crippen MR) is 80.4 cm³/mol. The third-order valence-corrected chi connectivity index (χ3v) is 5.29. The van der Waals surface area contributed by atoms with Gasteiger partial charge < -0.3 is 9.84 Å². The molecule has 0 aromatic heterocycles. The number of fused-ring (bicyclic) bond motifs is 2. The van der Waals surface area contributed by atoms with Crippen LogP contribution in [0.15, 0.2) is 35.9 Å². The largest absolute Gasteiger partial charge is 0.396 e. The topological polar surface area (TPSA) is 53.2 Å². The van der Waals surface area contributed by atoms with Crippen LogP contribution in [0.1, 0.15) is 37.5 Å². The number of benzene rings is 1. The van der Waals surface area contributed by atoms with E-state index in [9.17, 15) is 5.11 Å². The molecule has 1 aliphatic heterocycles. The van der Waals surface area contributed by atoms with Gasteiger partial charge in [-0.05, 0) is 37.0 Å². The highest BCUT2D eigenvalue weighted by atomic mass is 16.5. The van der Waals surface area contributed by atoms with Crippen molar-refractivity contribution in [1.82, 2.24) is 0 Å². The number of rotatable bonds is 2. The molecule has 1 N–H and O–H groups in total. The molecule has 21 heavy (non-hydrogen) atoms. The van der Waals surface area contributed by atoms with Gasteiger partial charge in [-0.3, -0.25) is 0 Å². The summed E-state index contributed by atoms with van der Waals surface area (Å²) in [7, 11) is 0. The van der Waals surface area contributed by atoms with Crippen LogP contribution < -0.4 is 0 Å². The molecule has 4 atom stereocenters. The standard InChI is InChI=1S/C18H21NO2/c1-12-7-13(2)18(10-20)8-16(12)17(21-11-18)15-5-3-14(9-19)4-6-15/h3-7,13,16-17,20H,8,10-11H2,1-2H3. The monoisotopic (exact) mass is 283 g/mol. The van der Waals surface area contributed by atoms with Crippen molar-refractivity contribution in [3.63, 3.8) is 0 Å². The molecule has 0 spiro atoms. The van der Waals surface area contributed by atoms with Crippen LogP contribution in [-0.2, 0) is 4.74 Å². The minimum absolute atomic E-state index is 0.0289. The molecule has 1 heterocycles. The number of ether oxygens (including phenoxy) is 1. The molecule has 0 radical (unpaired) electrons. The molecule has 3 rings (SSSR count). The first-order chi connectivity index (χ1) is 10.1. The van der Waals surface area contributed by atoms with Crippen LogP contribution in [0, 0.1) is 28.6 Å². The molecule has 3 nitrogen and oxygen atoms in total. The van der Waals surface area contributed by atoms with Crippen molar-refractivity contribution in [2.45, 2.75) is 26.4 Å². The first-order valence-electron chi connectivity index (χ1n) is 7.50. The summed E-state index contributed by atoms with van der Waals surface area (Å²) in [6.07, 6.45) is 3.29. The summed E-state index contributed by atoms with van der Waals surface area (Å²) in [5.74, 6) is 0.663. The van der Waals surface area contributed by atoms with Gasteiger partial charge in [0, 0.05) is 11.3 Å². The normalized spacial score (nSPS) is 35.0. The smallest absolute Gasteiger partial charge is 0.0991 e. The van der Waals surface area contributed by atoms with Crippen LogP contribution in [0.5, 0.6) is 0 Å². The van der Waals surface area contributed by atoms with Crippen molar-refractivity contribution in [3.05, 3.63) is 47.0 Å². The van der Waals surface area contributed by atoms with Crippen molar-refractivity contribution >= 4 is 0 Å². The van der Waals surface area contributed by atoms with Crippen molar-refractivity contribution in [2.24, 2.45) is 17.3 Å². The Hall–Kier alpha value is -1.63. The number of nitriles is 1. The Morgan fingerprint density at radius 2 is 2.10 bits per heavy atom. The van der Waals surface area contributed by atoms with Crippen molar-refractivity contribution in [2.75, 3.05) is 13.2 Å². The van der Waals surface area contributed by atoms with Gasteiger partial charge >= 0.3 is 0 Å². The van der Waals surface area contributed by atoms with E-state index in [1.165, 1.54) is 5.57 Å². The number of nitrogens with zero attached hydrogens (tertiary/aromatic N) is 1. The zero-order valence-corrected chi connectivity index (χ0v) is 12.5. The molecular weight excluding hydrogens is 262 g/mol. The van der Waals surface area contributed by atoms with E-state index in [0.29, 0.717) is 24.0 Å². The highest BCUT2D eigenvalue weighted by Gasteiger charge is 2.48. The van der Waals surface area contributed by atoms with Gasteiger partial charge in [0.25, 0.3) is 0 Å². The molecule has 0 saturated carbocycles. The summed E-state index contributed by atoms with van der Waals surface area (Å²) in [6.45, 7) is 5.10. The summed E-state index contributed by atoms with van der Waals surface area (Å²) in [5, 5.41) is 18.7. The zero-order chi connectivity index (χ0) is 15.0. The van der Waals surface area contributed by atoms with Crippen LogP contribution in [0.4, 0.5) is 0 Å². The molecule has 4 unspecified atom stereocenters. The summed E-state index contributed by atoms with van der Waals surface area (Å²) in [4.78, 5) is 0. The fourth-order valence-electron chi connectivity index (χ4n) is 3.72. The van der Waals surface area contributed by atoms with E-state index >= 15 is 0 Å². The van der Waals surface area contributed by atoms with E-state index in [4.69, 9.17) is 10.00 Å². The molecule has 1 aromatic rings. The summed E-state index contributed by atoms with van der Waals surface area (Å²) in [6, 6.07) is 9.81. The van der Waals surface area contributed by atoms with Crippen LogP contribution in [-0.4, -0.2) is 18.3 Å². The van der Waals surface area contributed by atoms with Gasteiger partial charge in [-0.2, -0.15) is 5.26 Å². The van der Waals surface area contributed by atoms with E-state index in [0.717, 1.165) is 12.0 Å². The quantitative estimate of drug-likeness (QED) is 0.848. The predicted octanol–water partition coefficient (Wildman–Crippen LogP) is 3.21. The average molecular weight is 283 g/mol. The Morgan fingerprint density at radius 1 is 1.38 bits per heavy atom. The van der Waals surface area contributed by atoms with Gasteiger partial charge in [0.05, 0.1) is 31.0 Å². The Balaban J connectivity index is 1.93. The maximum Gasteiger partial charge on any atom is 0.0991 e. The molecule has 3 heteroatoms. The lowest BCUT2D eigenvalue weighted by Gasteiger charge is -2.50. The molecular formula is C18H21NO2. The summed E-state index contributed by atoms with van der Waals surface area (Å²) in [5.41, 5.74) is 3.00. The van der Waals surface area contributed by atoms with Crippen molar-refractivity contribution in [1.29, 1.82) is 5.26 Å². The fraction of sp³-hybridized carbons (Fsp3) is 0.500. The van der Waals surface area contributed by atoms with E-state index in [2.05, 4.69) is 26.0 Å². The highest BCUT2D eigenvalue weighted by Crippen LogP contribution is 2.52. The van der Waals surface area contributed by atoms with Gasteiger partial charge in [-0.25, -0.2) is 0 Å². The minimum atomic E-state index is -0.132. The fourth-order valence-corrected chi connectivity index (χ4v) is 3.72. The number of hydrogen-bond acceptors (Lipinski definition) is 3. The third kappa shape index (κ3) is 2.29. The average Bonchev–Trinajstić information content (AvgIpc) is 2.53. The molecule has 0 amide bonds. The number of aliphatic hydroxyl groups is 1. The second-order valence-electron chi connectivity index (χ2n) is 6.50. The number of aliphatic hydroxyl groups excluding tert-OH is 1. The maximum absolute atomic E-state index is 9.83. The third-order valence-electron chi connectivity index (χ3n) is 5.29. The second kappa shape index (κ2) is 5.29. The van der Waals surface area contributed by atoms with E-state index in [1.54, 1.807) is 0 Å². The Morgan fingerprint density at radius 3 is 2.71 bits per heavy atom. The SMILES string of the molecule is CC1=CC(C)C2(CO)COC(c3ccc(C#N)cc3)C1C2. The lowest BCUT2D eigenvalue weighted by molar-refractivity contribution is -0.130. The summed E-state index contributed by atoms with van der Waals surface area (Å²) >= 11 is 0. The van der Waals surface area contributed by atoms with Gasteiger partial charge in [-0.15, -0.1) is 0 Å². The minimum Gasteiger partial charge on any atom is -0.396 e. The second-order valence-corrected chi connectivity index (χ2v) is 6.50.